The van der Waals surface area contributed by atoms with Gasteiger partial charge in [-0.15, -0.1) is 0 Å². The topological polar surface area (TPSA) is 398 Å². The summed E-state index contributed by atoms with van der Waals surface area (Å²) < 4.78 is 16.8. The maximum Gasteiger partial charge on any atom is 0.410 e. The third-order valence-electron chi connectivity index (χ3n) is 22.1. The summed E-state index contributed by atoms with van der Waals surface area (Å²) in [6, 6.07) is 45.2. The number of aromatic amines is 3. The lowest BCUT2D eigenvalue weighted by molar-refractivity contribution is -0.143. The number of benzene rings is 6. The molecule has 9 N–H and O–H groups in total. The first-order valence-electron chi connectivity index (χ1n) is 44.0. The standard InChI is InChI=1S/2C34H36ClN5O4.C23H26ClN5O4.C11H13NO/c2*1-5-25(41)14-21-9-8-10-22(13-21)15-30(42)23-16-24(20-40(19-23)33(43)44-34(2,3)4)38-32-37-18-28(35)31(39-32)27-17-36-29-12-7-6-11-26(27)29;1-23(2,3)33-22(32)29-11-13(20(30)31)8-14(12-29)27-21-26-10-17(24)19(28-21)16-9-25-18-7-5-4-6-15(16)18;1-2-11(13)7-9-3-5-10(8-12)6-4-9/h2*5-13,17-18,23-24,36H,1,14-16,19-20H2,2-4H3,(H,37,38,39);4-7,9-10,13-14,25H,8,11-12H2,1-3H3,(H,30,31)(H,26,27,28);2-6H,1,7-8,12H2/t2*23-,24?;;/m11../s1. The molecule has 0 bridgehead atoms. The van der Waals surface area contributed by atoms with Gasteiger partial charge in [0, 0.05) is 176 Å². The van der Waals surface area contributed by atoms with Crippen molar-refractivity contribution < 1.29 is 62.5 Å². The van der Waals surface area contributed by atoms with Gasteiger partial charge in [0.2, 0.25) is 17.8 Å². The van der Waals surface area contributed by atoms with Crippen LogP contribution in [-0.2, 0) is 81.6 Å². The van der Waals surface area contributed by atoms with E-state index in [1.165, 1.54) is 29.3 Å². The minimum atomic E-state index is -0.966. The van der Waals surface area contributed by atoms with Crippen molar-refractivity contribution in [3.8, 4) is 33.8 Å². The van der Waals surface area contributed by atoms with Crippen LogP contribution in [0.4, 0.5) is 32.2 Å². The third kappa shape index (κ3) is 27.7. The highest BCUT2D eigenvalue weighted by Gasteiger charge is 2.40. The second-order valence-electron chi connectivity index (χ2n) is 36.2. The Morgan fingerprint density at radius 1 is 0.410 bits per heavy atom. The number of nitrogens with zero attached hydrogens (tertiary/aromatic N) is 9. The number of hydrogen-bond donors (Lipinski definition) is 8. The number of ketones is 5. The highest BCUT2D eigenvalue weighted by atomic mass is 35.5. The quantitative estimate of drug-likeness (QED) is 0.0184. The maximum absolute atomic E-state index is 13.6. The predicted molar refractivity (Wildman–Crippen MR) is 522 cm³/mol. The number of hydrogen-bond acceptors (Lipinski definition) is 22. The molecule has 3 aliphatic rings. The number of para-hydroxylation sites is 3. The van der Waals surface area contributed by atoms with E-state index in [4.69, 9.17) is 64.7 Å². The number of allylic oxidation sites excluding steroid dienone is 3. The fraction of sp³-hybridized carbons (Fsp3) is 0.324. The van der Waals surface area contributed by atoms with Crippen LogP contribution in [0.15, 0.2) is 221 Å². The number of Topliss-reactive ketones (excluding diaryl/α,β-unsaturated/α-hetero) is 2. The average Bonchev–Trinajstić information content (AvgIpc) is 1.62. The van der Waals surface area contributed by atoms with E-state index in [1.807, 2.05) is 206 Å². The summed E-state index contributed by atoms with van der Waals surface area (Å²) in [7, 11) is 0. The largest absolute Gasteiger partial charge is 0.481 e. The number of likely N-dealkylation sites (tertiary alicyclic amines) is 3. The van der Waals surface area contributed by atoms with E-state index in [2.05, 4.69) is 70.6 Å². The van der Waals surface area contributed by atoms with Crippen molar-refractivity contribution in [2.75, 3.05) is 55.2 Å². The summed E-state index contributed by atoms with van der Waals surface area (Å²) in [6.07, 6.45) is 15.1. The molecule has 3 aliphatic heterocycles. The smallest absolute Gasteiger partial charge is 0.410 e. The molecule has 6 aromatic heterocycles. The van der Waals surface area contributed by atoms with Gasteiger partial charge in [-0.25, -0.2) is 44.3 Å². The second-order valence-corrected chi connectivity index (χ2v) is 37.4. The van der Waals surface area contributed by atoms with Crippen LogP contribution in [0.1, 0.15) is 115 Å². The Balaban J connectivity index is 0.000000171. The Kier molecular flexibility index (Phi) is 33.1. The number of piperidine rings is 3. The number of aliphatic carboxylic acids is 1. The molecule has 3 saturated heterocycles. The molecule has 15 rings (SSSR count). The van der Waals surface area contributed by atoms with Gasteiger partial charge < -0.3 is 70.7 Å². The molecule has 6 atom stereocenters. The van der Waals surface area contributed by atoms with Gasteiger partial charge in [-0.05, 0) is 151 Å². The number of anilines is 3. The summed E-state index contributed by atoms with van der Waals surface area (Å²) in [5.74, 6) is -1.74. The molecule has 0 radical (unpaired) electrons. The first-order chi connectivity index (χ1) is 63.8. The summed E-state index contributed by atoms with van der Waals surface area (Å²) in [6.45, 7) is 28.7. The number of nitrogens with one attached hydrogen (secondary N) is 6. The highest BCUT2D eigenvalue weighted by Crippen LogP contribution is 2.38. The molecular weight excluding hydrogens is 1760 g/mol. The van der Waals surface area contributed by atoms with Crippen LogP contribution in [0.2, 0.25) is 15.1 Å². The monoisotopic (exact) mass is 1870 g/mol. The Bertz CT molecular complexity index is 6060. The lowest BCUT2D eigenvalue weighted by Crippen LogP contribution is -2.52. The van der Waals surface area contributed by atoms with Crippen LogP contribution in [0.25, 0.3) is 66.5 Å². The first kappa shape index (κ1) is 99.3. The molecule has 12 aromatic rings. The van der Waals surface area contributed by atoms with Crippen LogP contribution in [0.3, 0.4) is 0 Å². The molecule has 0 saturated carbocycles. The van der Waals surface area contributed by atoms with E-state index >= 15 is 0 Å². The van der Waals surface area contributed by atoms with Gasteiger partial charge in [0.15, 0.2) is 17.3 Å². The molecular formula is C102H111Cl3N16O13. The number of halogens is 3. The number of H-pyrrole nitrogens is 3. The number of amides is 3. The molecule has 32 heteroatoms. The number of carbonyl (C=O) groups is 9. The third-order valence-corrected chi connectivity index (χ3v) is 23.0. The number of fused-ring (bicyclic) bond motifs is 3. The molecule has 9 heterocycles. The zero-order valence-electron chi connectivity index (χ0n) is 76.3. The zero-order valence-corrected chi connectivity index (χ0v) is 78.6. The van der Waals surface area contributed by atoms with Crippen LogP contribution in [0, 0.1) is 17.8 Å². The van der Waals surface area contributed by atoms with E-state index in [0.717, 1.165) is 82.8 Å². The first-order valence-corrected chi connectivity index (χ1v) is 45.2. The van der Waals surface area contributed by atoms with Crippen molar-refractivity contribution in [3.63, 3.8) is 0 Å². The van der Waals surface area contributed by atoms with Gasteiger partial charge in [-0.2, -0.15) is 0 Å². The van der Waals surface area contributed by atoms with Gasteiger partial charge >= 0.3 is 24.2 Å². The van der Waals surface area contributed by atoms with Gasteiger partial charge in [0.25, 0.3) is 0 Å². The fourth-order valence-corrected chi connectivity index (χ4v) is 16.5. The number of carboxylic acids is 1. The van der Waals surface area contributed by atoms with Crippen molar-refractivity contribution >= 4 is 139 Å². The van der Waals surface area contributed by atoms with Crippen LogP contribution in [0.5, 0.6) is 0 Å². The van der Waals surface area contributed by atoms with Gasteiger partial charge in [-0.3, -0.25) is 28.8 Å². The average molecular weight is 1880 g/mol. The number of rotatable bonds is 26. The second kappa shape index (κ2) is 44.7. The number of carbonyl (C=O) groups excluding carboxylic acids is 8. The Morgan fingerprint density at radius 3 is 1.01 bits per heavy atom. The predicted octanol–water partition coefficient (Wildman–Crippen LogP) is 18.7. The maximum atomic E-state index is 13.6. The van der Waals surface area contributed by atoms with E-state index in [0.29, 0.717) is 95.3 Å². The van der Waals surface area contributed by atoms with Crippen molar-refractivity contribution in [2.24, 2.45) is 23.5 Å². The van der Waals surface area contributed by atoms with Crippen molar-refractivity contribution in [1.82, 2.24) is 59.6 Å². The molecule has 29 nitrogen and oxygen atoms in total. The molecule has 4 unspecified atom stereocenters. The highest BCUT2D eigenvalue weighted by molar-refractivity contribution is 6.34. The van der Waals surface area contributed by atoms with E-state index in [-0.39, 0.29) is 98.9 Å². The Labute approximate surface area is 792 Å². The van der Waals surface area contributed by atoms with Crippen molar-refractivity contribution in [1.29, 1.82) is 0 Å². The SMILES string of the molecule is C=CC(=O)Cc1ccc(CN)cc1.C=CC(=O)Cc1cccc(CC(=O)[C@@H]2CC(Nc3ncc(Cl)c(-c4c[nH]c5ccccc45)n3)CN(C(=O)OC(C)(C)C)C2)c1.C=CC(=O)Cc1cccc(CC(=O)[C@@H]2CC(Nc3ncc(Cl)c(-c4c[nH]c5ccccc45)n3)CN(C(=O)OC(C)(C)C)C2)c1.CC(C)(C)OC(=O)N1CC(Nc2ncc(Cl)c(-c3c[nH]c4ccccc34)n2)CC(C(=O)O)C1. The molecule has 3 fully saturated rings. The number of ether oxygens (including phenoxy) is 3. The van der Waals surface area contributed by atoms with Crippen LogP contribution < -0.4 is 21.7 Å². The van der Waals surface area contributed by atoms with Gasteiger partial charge in [0.05, 0.1) is 56.7 Å². The molecule has 134 heavy (non-hydrogen) atoms. The van der Waals surface area contributed by atoms with Crippen molar-refractivity contribution in [3.05, 3.63) is 269 Å². The van der Waals surface area contributed by atoms with Gasteiger partial charge in [0.1, 0.15) is 28.4 Å². The summed E-state index contributed by atoms with van der Waals surface area (Å²) >= 11 is 19.5. The lowest BCUT2D eigenvalue weighted by atomic mass is 9.87. The number of aromatic nitrogens is 9. The molecule has 0 spiro atoms. The molecule has 698 valence electrons. The fourth-order valence-electron chi connectivity index (χ4n) is 15.9. The van der Waals surface area contributed by atoms with Crippen LogP contribution >= 0.6 is 34.8 Å². The van der Waals surface area contributed by atoms with E-state index in [9.17, 15) is 48.3 Å². The normalized spacial score (nSPS) is 16.6. The van der Waals surface area contributed by atoms with Crippen LogP contribution in [-0.4, -0.2) is 192 Å². The molecule has 6 aromatic carbocycles. The lowest BCUT2D eigenvalue weighted by Gasteiger charge is -2.38. The number of nitrogens with two attached hydrogens (primary N) is 1. The number of carboxylic acid groups (broad SMARTS) is 1. The minimum absolute atomic E-state index is 0.00578. The van der Waals surface area contributed by atoms with E-state index in [1.54, 1.807) is 43.0 Å². The minimum Gasteiger partial charge on any atom is -0.481 e. The molecule has 0 aliphatic carbocycles. The van der Waals surface area contributed by atoms with Crippen molar-refractivity contribution in [2.45, 2.75) is 155 Å². The van der Waals surface area contributed by atoms with E-state index < -0.39 is 58.8 Å². The van der Waals surface area contributed by atoms with Gasteiger partial charge in [-0.1, -0.05) is 182 Å². The Hall–Kier alpha value is -13.7. The zero-order chi connectivity index (χ0) is 96.3. The summed E-state index contributed by atoms with van der Waals surface area (Å²) in [4.78, 5) is 154. The molecule has 3 amide bonds. The summed E-state index contributed by atoms with van der Waals surface area (Å²) in [5.41, 5.74) is 15.9. The Morgan fingerprint density at radius 2 is 0.701 bits per heavy atom. The summed E-state index contributed by atoms with van der Waals surface area (Å²) in [5, 5.41) is 23.6.